The van der Waals surface area contributed by atoms with E-state index in [1.807, 2.05) is 27.1 Å². The summed E-state index contributed by atoms with van der Waals surface area (Å²) in [5, 5.41) is 1.24. The van der Waals surface area contributed by atoms with E-state index < -0.39 is 0 Å². The smallest absolute Gasteiger partial charge is 0.225 e. The number of carbonyl (C=O) groups is 1. The lowest BCUT2D eigenvalue weighted by atomic mass is 10.0. The van der Waals surface area contributed by atoms with E-state index in [0.29, 0.717) is 12.5 Å². The van der Waals surface area contributed by atoms with Crippen molar-refractivity contribution in [1.82, 2.24) is 14.8 Å². The summed E-state index contributed by atoms with van der Waals surface area (Å²) in [5.41, 5.74) is 2.36. The first-order valence-electron chi connectivity index (χ1n) is 8.42. The summed E-state index contributed by atoms with van der Waals surface area (Å²) in [4.78, 5) is 21.9. The molecule has 0 spiro atoms. The van der Waals surface area contributed by atoms with Gasteiger partial charge in [0, 0.05) is 44.7 Å². The molecule has 1 saturated heterocycles. The van der Waals surface area contributed by atoms with E-state index in [-0.39, 0.29) is 11.8 Å². The SMILES string of the molecule is CC(C)C(=O)N(C)Cc1ccc(-c2cnc(C3CN(C)C3)s2)cc1. The zero-order valence-electron chi connectivity index (χ0n) is 14.8. The number of likely N-dealkylation sites (tertiary alicyclic amines) is 1. The van der Waals surface area contributed by atoms with Crippen molar-refractivity contribution in [3.63, 3.8) is 0 Å². The predicted octanol–water partition coefficient (Wildman–Crippen LogP) is 3.45. The van der Waals surface area contributed by atoms with E-state index in [9.17, 15) is 4.79 Å². The molecule has 0 saturated carbocycles. The summed E-state index contributed by atoms with van der Waals surface area (Å²) >= 11 is 1.80. The van der Waals surface area contributed by atoms with Crippen LogP contribution in [-0.4, -0.2) is 47.9 Å². The van der Waals surface area contributed by atoms with Gasteiger partial charge in [-0.05, 0) is 18.2 Å². The second-order valence-corrected chi connectivity index (χ2v) is 8.09. The molecule has 0 aliphatic carbocycles. The van der Waals surface area contributed by atoms with Crippen molar-refractivity contribution in [2.24, 2.45) is 5.92 Å². The fraction of sp³-hybridized carbons (Fsp3) is 0.474. The van der Waals surface area contributed by atoms with Gasteiger partial charge in [-0.25, -0.2) is 4.98 Å². The number of rotatable bonds is 5. The lowest BCUT2D eigenvalue weighted by molar-refractivity contribution is -0.133. The van der Waals surface area contributed by atoms with Crippen LogP contribution in [0.15, 0.2) is 30.5 Å². The van der Waals surface area contributed by atoms with Crippen LogP contribution in [0, 0.1) is 5.92 Å². The molecule has 1 aliphatic rings. The molecule has 24 heavy (non-hydrogen) atoms. The third-order valence-corrected chi connectivity index (χ3v) is 5.67. The molecule has 0 atom stereocenters. The second kappa shape index (κ2) is 7.03. The zero-order chi connectivity index (χ0) is 17.3. The molecule has 1 aromatic carbocycles. The Morgan fingerprint density at radius 3 is 2.58 bits per heavy atom. The molecule has 0 N–H and O–H groups in total. The minimum absolute atomic E-state index is 0.0374. The third kappa shape index (κ3) is 3.68. The molecule has 128 valence electrons. The van der Waals surface area contributed by atoms with Crippen LogP contribution in [0.1, 0.15) is 30.3 Å². The predicted molar refractivity (Wildman–Crippen MR) is 99.1 cm³/mol. The summed E-state index contributed by atoms with van der Waals surface area (Å²) in [6.45, 7) is 6.75. The number of hydrogen-bond acceptors (Lipinski definition) is 4. The molecule has 0 bridgehead atoms. The Morgan fingerprint density at radius 1 is 1.33 bits per heavy atom. The van der Waals surface area contributed by atoms with Crippen LogP contribution in [0.3, 0.4) is 0 Å². The quantitative estimate of drug-likeness (QED) is 0.834. The van der Waals surface area contributed by atoms with Crippen LogP contribution in [0.2, 0.25) is 0 Å². The number of aromatic nitrogens is 1. The minimum atomic E-state index is 0.0374. The van der Waals surface area contributed by atoms with Crippen molar-refractivity contribution < 1.29 is 4.79 Å². The second-order valence-electron chi connectivity index (χ2n) is 7.03. The Kier molecular flexibility index (Phi) is 5.01. The largest absolute Gasteiger partial charge is 0.341 e. The Bertz CT molecular complexity index is 702. The van der Waals surface area contributed by atoms with Crippen molar-refractivity contribution in [1.29, 1.82) is 0 Å². The van der Waals surface area contributed by atoms with Crippen molar-refractivity contribution in [2.45, 2.75) is 26.3 Å². The Balaban J connectivity index is 1.65. The lowest BCUT2D eigenvalue weighted by Crippen LogP contribution is -2.41. The summed E-state index contributed by atoms with van der Waals surface area (Å²) in [5.74, 6) is 0.816. The highest BCUT2D eigenvalue weighted by atomic mass is 32.1. The molecule has 1 aromatic heterocycles. The molecule has 1 fully saturated rings. The van der Waals surface area contributed by atoms with Crippen molar-refractivity contribution >= 4 is 17.2 Å². The molecule has 3 rings (SSSR count). The summed E-state index contributed by atoms with van der Waals surface area (Å²) < 4.78 is 0. The average molecular weight is 343 g/mol. The molecule has 2 aromatic rings. The first kappa shape index (κ1) is 17.1. The van der Waals surface area contributed by atoms with Crippen molar-refractivity contribution in [3.8, 4) is 10.4 Å². The van der Waals surface area contributed by atoms with Crippen LogP contribution in [0.5, 0.6) is 0 Å². The van der Waals surface area contributed by atoms with Gasteiger partial charge >= 0.3 is 0 Å². The Hall–Kier alpha value is -1.72. The minimum Gasteiger partial charge on any atom is -0.341 e. The lowest BCUT2D eigenvalue weighted by Gasteiger charge is -2.34. The number of amides is 1. The van der Waals surface area contributed by atoms with E-state index in [0.717, 1.165) is 18.7 Å². The molecular weight excluding hydrogens is 318 g/mol. The van der Waals surface area contributed by atoms with Crippen LogP contribution in [0.4, 0.5) is 0 Å². The Morgan fingerprint density at radius 2 is 2.00 bits per heavy atom. The van der Waals surface area contributed by atoms with Gasteiger partial charge in [-0.3, -0.25) is 4.79 Å². The summed E-state index contributed by atoms with van der Waals surface area (Å²) in [7, 11) is 4.01. The molecule has 4 nitrogen and oxygen atoms in total. The van der Waals surface area contributed by atoms with Gasteiger partial charge < -0.3 is 9.80 Å². The third-order valence-electron chi connectivity index (χ3n) is 4.47. The van der Waals surface area contributed by atoms with Crippen molar-refractivity contribution in [2.75, 3.05) is 27.2 Å². The van der Waals surface area contributed by atoms with Gasteiger partial charge in [-0.15, -0.1) is 11.3 Å². The maximum Gasteiger partial charge on any atom is 0.225 e. The average Bonchev–Trinajstić information content (AvgIpc) is 3.01. The fourth-order valence-corrected chi connectivity index (χ4v) is 4.04. The number of hydrogen-bond donors (Lipinski definition) is 0. The Labute approximate surface area is 148 Å². The van der Waals surface area contributed by atoms with E-state index in [1.54, 1.807) is 16.2 Å². The fourth-order valence-electron chi connectivity index (χ4n) is 3.03. The van der Waals surface area contributed by atoms with Crippen LogP contribution in [-0.2, 0) is 11.3 Å². The molecular formula is C19H25N3OS. The van der Waals surface area contributed by atoms with Gasteiger partial charge in [-0.2, -0.15) is 0 Å². The van der Waals surface area contributed by atoms with Gasteiger partial charge in [0.25, 0.3) is 0 Å². The van der Waals surface area contributed by atoms with Gasteiger partial charge in [0.1, 0.15) is 0 Å². The number of thiazole rings is 1. The highest BCUT2D eigenvalue weighted by molar-refractivity contribution is 7.15. The maximum atomic E-state index is 12.0. The highest BCUT2D eigenvalue weighted by Crippen LogP contribution is 2.33. The molecule has 1 aliphatic heterocycles. The molecule has 2 heterocycles. The monoisotopic (exact) mass is 343 g/mol. The maximum absolute atomic E-state index is 12.0. The van der Waals surface area contributed by atoms with E-state index in [1.165, 1.54) is 15.4 Å². The zero-order valence-corrected chi connectivity index (χ0v) is 15.6. The van der Waals surface area contributed by atoms with Crippen LogP contribution < -0.4 is 0 Å². The van der Waals surface area contributed by atoms with E-state index in [2.05, 4.69) is 41.2 Å². The number of benzene rings is 1. The first-order chi connectivity index (χ1) is 11.4. The number of likely N-dealkylation sites (N-methyl/N-ethyl adjacent to an activating group) is 1. The van der Waals surface area contributed by atoms with E-state index in [4.69, 9.17) is 0 Å². The van der Waals surface area contributed by atoms with E-state index >= 15 is 0 Å². The topological polar surface area (TPSA) is 36.4 Å². The summed E-state index contributed by atoms with van der Waals surface area (Å²) in [6.07, 6.45) is 1.99. The van der Waals surface area contributed by atoms with Gasteiger partial charge in [0.2, 0.25) is 5.91 Å². The molecule has 5 heteroatoms. The van der Waals surface area contributed by atoms with Crippen molar-refractivity contribution in [3.05, 3.63) is 41.0 Å². The van der Waals surface area contributed by atoms with Crippen LogP contribution in [0.25, 0.3) is 10.4 Å². The van der Waals surface area contributed by atoms with Gasteiger partial charge in [0.15, 0.2) is 0 Å². The molecule has 1 amide bonds. The summed E-state index contributed by atoms with van der Waals surface area (Å²) in [6, 6.07) is 8.48. The standard InChI is InChI=1S/C19H25N3OS/c1-13(2)19(23)22(4)10-14-5-7-15(8-6-14)17-9-20-18(24-17)16-11-21(3)12-16/h5-9,13,16H,10-12H2,1-4H3. The van der Waals surface area contributed by atoms with Gasteiger partial charge in [-0.1, -0.05) is 38.1 Å². The number of carbonyl (C=O) groups excluding carboxylic acids is 1. The molecule has 0 unspecified atom stereocenters. The van der Waals surface area contributed by atoms with Crippen LogP contribution >= 0.6 is 11.3 Å². The highest BCUT2D eigenvalue weighted by Gasteiger charge is 2.27. The van der Waals surface area contributed by atoms with Gasteiger partial charge in [0.05, 0.1) is 9.88 Å². The first-order valence-corrected chi connectivity index (χ1v) is 9.24. The number of nitrogens with zero attached hydrogens (tertiary/aromatic N) is 3. The molecule has 0 radical (unpaired) electrons. The normalized spacial score (nSPS) is 15.5.